The van der Waals surface area contributed by atoms with Crippen molar-refractivity contribution in [2.24, 2.45) is 0 Å². The van der Waals surface area contributed by atoms with Crippen molar-refractivity contribution in [2.45, 2.75) is 45.3 Å². The Balaban J connectivity index is 1.14. The van der Waals surface area contributed by atoms with E-state index in [4.69, 9.17) is 9.47 Å². The van der Waals surface area contributed by atoms with Crippen molar-refractivity contribution in [3.63, 3.8) is 0 Å². The Morgan fingerprint density at radius 2 is 1.89 bits per heavy atom. The minimum atomic E-state index is -4.60. The maximum absolute atomic E-state index is 14.1. The number of likely N-dealkylation sites (N-methyl/N-ethyl adjacent to an activating group) is 1. The number of carbonyl (C=O) groups is 2. The van der Waals surface area contributed by atoms with Gasteiger partial charge in [0.25, 0.3) is 5.91 Å². The molecule has 44 heavy (non-hydrogen) atoms. The molecule has 3 N–H and O–H groups in total. The van der Waals surface area contributed by atoms with Gasteiger partial charge in [0.15, 0.2) is 6.23 Å². The summed E-state index contributed by atoms with van der Waals surface area (Å²) in [4.78, 5) is 33.3. The number of hydrogen-bond donors (Lipinski definition) is 3. The van der Waals surface area contributed by atoms with Gasteiger partial charge in [-0.05, 0) is 48.5 Å². The van der Waals surface area contributed by atoms with E-state index in [9.17, 15) is 22.8 Å². The summed E-state index contributed by atoms with van der Waals surface area (Å²) in [6.07, 6.45) is -3.85. The lowest BCUT2D eigenvalue weighted by Gasteiger charge is -2.34. The molecule has 0 aliphatic carbocycles. The molecule has 0 bridgehead atoms. The minimum absolute atomic E-state index is 0.0872. The number of piperazine rings is 1. The molecular weight excluding hydrogens is 577 g/mol. The molecule has 3 aliphatic heterocycles. The van der Waals surface area contributed by atoms with Crippen LogP contribution in [0, 0.1) is 0 Å². The van der Waals surface area contributed by atoms with E-state index in [-0.39, 0.29) is 36.2 Å². The second-order valence-electron chi connectivity index (χ2n) is 11.1. The second-order valence-corrected chi connectivity index (χ2v) is 11.1. The van der Waals surface area contributed by atoms with Crippen LogP contribution >= 0.6 is 0 Å². The Bertz CT molecular complexity index is 1570. The van der Waals surface area contributed by atoms with Gasteiger partial charge in [-0.1, -0.05) is 19.9 Å². The number of carbonyl (C=O) groups excluding carboxylic acids is 2. The predicted molar refractivity (Wildman–Crippen MR) is 156 cm³/mol. The van der Waals surface area contributed by atoms with Crippen LogP contribution in [0.1, 0.15) is 52.4 Å². The number of rotatable bonds is 7. The number of nitrogens with zero attached hydrogens (tertiary/aromatic N) is 3. The molecule has 3 aromatic rings. The molecule has 6 rings (SSSR count). The van der Waals surface area contributed by atoms with Crippen molar-refractivity contribution in [1.82, 2.24) is 25.4 Å². The number of pyridine rings is 1. The highest BCUT2D eigenvalue weighted by Crippen LogP contribution is 2.41. The Hall–Kier alpha value is -4.36. The van der Waals surface area contributed by atoms with Crippen molar-refractivity contribution in [3.05, 3.63) is 76.5 Å². The Morgan fingerprint density at radius 1 is 1.11 bits per heavy atom. The molecule has 2 atom stereocenters. The molecular formula is C31H33F3N6O4. The third-order valence-corrected chi connectivity index (χ3v) is 8.34. The third kappa shape index (κ3) is 6.15. The highest BCUT2D eigenvalue weighted by molar-refractivity contribution is 5.95. The van der Waals surface area contributed by atoms with Crippen molar-refractivity contribution in [2.75, 3.05) is 38.0 Å². The van der Waals surface area contributed by atoms with Crippen LogP contribution in [-0.2, 0) is 19.3 Å². The molecule has 3 aliphatic rings. The molecule has 10 nitrogen and oxygen atoms in total. The van der Waals surface area contributed by atoms with E-state index in [1.807, 2.05) is 11.8 Å². The first-order valence-corrected chi connectivity index (χ1v) is 14.6. The molecule has 1 fully saturated rings. The van der Waals surface area contributed by atoms with Gasteiger partial charge in [0, 0.05) is 56.0 Å². The lowest BCUT2D eigenvalue weighted by molar-refractivity contribution is -0.138. The van der Waals surface area contributed by atoms with Crippen LogP contribution in [0.5, 0.6) is 17.2 Å². The minimum Gasteiger partial charge on any atom is -0.470 e. The van der Waals surface area contributed by atoms with Gasteiger partial charge in [0.1, 0.15) is 23.1 Å². The summed E-state index contributed by atoms with van der Waals surface area (Å²) in [5.41, 5.74) is 0.734. The van der Waals surface area contributed by atoms with Gasteiger partial charge in [-0.25, -0.2) is 9.78 Å². The zero-order chi connectivity index (χ0) is 31.0. The largest absolute Gasteiger partial charge is 0.470 e. The van der Waals surface area contributed by atoms with Gasteiger partial charge in [-0.15, -0.1) is 0 Å². The molecule has 1 aromatic heterocycles. The monoisotopic (exact) mass is 610 g/mol. The van der Waals surface area contributed by atoms with E-state index < -0.39 is 23.9 Å². The van der Waals surface area contributed by atoms with Crippen molar-refractivity contribution in [3.8, 4) is 17.2 Å². The maximum Gasteiger partial charge on any atom is 0.416 e. The third-order valence-electron chi connectivity index (χ3n) is 8.34. The van der Waals surface area contributed by atoms with Crippen LogP contribution in [0.3, 0.4) is 0 Å². The zero-order valence-corrected chi connectivity index (χ0v) is 24.3. The number of nitrogens with one attached hydrogen (secondary N) is 3. The number of hydrogen-bond acceptors (Lipinski definition) is 7. The molecule has 0 spiro atoms. The van der Waals surface area contributed by atoms with E-state index in [1.165, 1.54) is 18.3 Å². The van der Waals surface area contributed by atoms with E-state index in [0.29, 0.717) is 41.7 Å². The van der Waals surface area contributed by atoms with Crippen LogP contribution in [0.15, 0.2) is 48.7 Å². The topological polar surface area (TPSA) is 108 Å². The summed E-state index contributed by atoms with van der Waals surface area (Å²) in [6, 6.07) is 10.4. The molecule has 232 valence electrons. The number of amides is 3. The second kappa shape index (κ2) is 12.0. The standard InChI is InChI=1S/C31H33F3N6O4/c1-3-39-10-12-40(13-11-39)17-20-5-4-19(14-24(20)31(32,33)34)28(41)38-29-18(2)22-15-21(6-7-25(22)44-29)43-26-8-9-35-27-23(26)16-36-30(42)37-27/h4-9,14-15,18,29H,3,10-13,16-17H2,1-2H3,(H,38,41)(H2,35,36,37,42)/t18-,29?/m0/s1. The lowest BCUT2D eigenvalue weighted by atomic mass is 10.00. The average molecular weight is 611 g/mol. The fourth-order valence-electron chi connectivity index (χ4n) is 5.74. The highest BCUT2D eigenvalue weighted by Gasteiger charge is 2.36. The molecule has 0 saturated carbocycles. The van der Waals surface area contributed by atoms with Gasteiger partial charge in [0.2, 0.25) is 0 Å². The number of aromatic nitrogens is 1. The van der Waals surface area contributed by atoms with Crippen LogP contribution in [-0.4, -0.2) is 65.7 Å². The van der Waals surface area contributed by atoms with Crippen LogP contribution < -0.4 is 25.4 Å². The quantitative estimate of drug-likeness (QED) is 0.349. The number of ether oxygens (including phenoxy) is 2. The first kappa shape index (κ1) is 29.7. The van der Waals surface area contributed by atoms with Crippen LogP contribution in [0.4, 0.5) is 23.8 Å². The van der Waals surface area contributed by atoms with Gasteiger partial charge in [-0.3, -0.25) is 15.0 Å². The Kier molecular flexibility index (Phi) is 8.08. The van der Waals surface area contributed by atoms with E-state index in [1.54, 1.807) is 24.3 Å². The summed E-state index contributed by atoms with van der Waals surface area (Å²) in [7, 11) is 0. The van der Waals surface area contributed by atoms with Crippen molar-refractivity contribution in [1.29, 1.82) is 0 Å². The summed E-state index contributed by atoms with van der Waals surface area (Å²) in [5.74, 6) is 1.02. The van der Waals surface area contributed by atoms with Gasteiger partial charge in [0.05, 0.1) is 17.7 Å². The van der Waals surface area contributed by atoms with E-state index in [2.05, 4.69) is 32.8 Å². The summed E-state index contributed by atoms with van der Waals surface area (Å²) < 4.78 is 54.4. The normalized spacial score (nSPS) is 20.2. The van der Waals surface area contributed by atoms with Crippen LogP contribution in [0.2, 0.25) is 0 Å². The zero-order valence-electron chi connectivity index (χ0n) is 24.3. The maximum atomic E-state index is 14.1. The van der Waals surface area contributed by atoms with Crippen molar-refractivity contribution < 1.29 is 32.2 Å². The molecule has 1 unspecified atom stereocenters. The number of fused-ring (bicyclic) bond motifs is 2. The smallest absolute Gasteiger partial charge is 0.416 e. The first-order chi connectivity index (χ1) is 21.1. The fraction of sp³-hybridized carbons (Fsp3) is 0.387. The summed E-state index contributed by atoms with van der Waals surface area (Å²) >= 11 is 0. The van der Waals surface area contributed by atoms with Gasteiger partial charge < -0.3 is 25.0 Å². The summed E-state index contributed by atoms with van der Waals surface area (Å²) in [6.45, 7) is 8.29. The average Bonchev–Trinajstić information content (AvgIpc) is 3.31. The number of urea groups is 1. The molecule has 4 heterocycles. The molecule has 0 radical (unpaired) electrons. The SMILES string of the molecule is CCN1CCN(Cc2ccc(C(=O)NC3Oc4ccc(Oc5ccnc6c5CNC(=O)N6)cc4[C@@H]3C)cc2C(F)(F)F)CC1. The predicted octanol–water partition coefficient (Wildman–Crippen LogP) is 4.92. The van der Waals surface area contributed by atoms with E-state index in [0.717, 1.165) is 31.3 Å². The Labute approximate surface area is 252 Å². The lowest BCUT2D eigenvalue weighted by Crippen LogP contribution is -2.45. The molecule has 1 saturated heterocycles. The molecule has 3 amide bonds. The first-order valence-electron chi connectivity index (χ1n) is 14.6. The molecule has 2 aromatic carbocycles. The fourth-order valence-corrected chi connectivity index (χ4v) is 5.74. The van der Waals surface area contributed by atoms with Gasteiger partial charge in [-0.2, -0.15) is 13.2 Å². The highest BCUT2D eigenvalue weighted by atomic mass is 19.4. The molecule has 13 heteroatoms. The number of alkyl halides is 3. The van der Waals surface area contributed by atoms with Gasteiger partial charge >= 0.3 is 12.2 Å². The number of anilines is 1. The van der Waals surface area contributed by atoms with Crippen LogP contribution in [0.25, 0.3) is 0 Å². The summed E-state index contributed by atoms with van der Waals surface area (Å²) in [5, 5.41) is 8.09. The number of benzene rings is 2. The number of halogens is 3. The van der Waals surface area contributed by atoms with Crippen molar-refractivity contribution >= 4 is 17.8 Å². The Morgan fingerprint density at radius 3 is 2.64 bits per heavy atom. The van der Waals surface area contributed by atoms with E-state index >= 15 is 0 Å².